The van der Waals surface area contributed by atoms with Crippen LogP contribution in [0.25, 0.3) is 0 Å². The number of aliphatic hydroxyl groups excluding tert-OH is 3. The Morgan fingerprint density at radius 3 is 2.65 bits per heavy atom. The topological polar surface area (TPSA) is 60.7 Å². The van der Waals surface area contributed by atoms with Crippen LogP contribution in [0.1, 0.15) is 58.8 Å². The molecule has 3 N–H and O–H groups in total. The summed E-state index contributed by atoms with van der Waals surface area (Å²) in [4.78, 5) is 0. The molecule has 3 saturated carbocycles. The van der Waals surface area contributed by atoms with E-state index >= 15 is 0 Å². The van der Waals surface area contributed by atoms with Crippen LogP contribution in [0.2, 0.25) is 0 Å². The fourth-order valence-electron chi connectivity index (χ4n) is 7.26. The van der Waals surface area contributed by atoms with E-state index < -0.39 is 0 Å². The molecular weight excluding hydrogens is 288 g/mol. The lowest BCUT2D eigenvalue weighted by Gasteiger charge is -2.60. The van der Waals surface area contributed by atoms with Crippen molar-refractivity contribution in [2.24, 2.45) is 34.5 Å². The van der Waals surface area contributed by atoms with E-state index in [-0.39, 0.29) is 29.6 Å². The highest BCUT2D eigenvalue weighted by Gasteiger charge is 2.61. The lowest BCUT2D eigenvalue weighted by molar-refractivity contribution is -0.110. The van der Waals surface area contributed by atoms with Gasteiger partial charge in [0.2, 0.25) is 0 Å². The van der Waals surface area contributed by atoms with Crippen LogP contribution in [-0.2, 0) is 0 Å². The predicted octanol–water partition coefficient (Wildman–Crippen LogP) is 2.89. The molecule has 0 aromatic rings. The van der Waals surface area contributed by atoms with Crippen molar-refractivity contribution < 1.29 is 15.3 Å². The van der Waals surface area contributed by atoms with E-state index in [2.05, 4.69) is 19.9 Å². The highest BCUT2D eigenvalue weighted by molar-refractivity contribution is 5.28. The minimum absolute atomic E-state index is 0.0937. The summed E-state index contributed by atoms with van der Waals surface area (Å²) in [5.74, 6) is 2.11. The third-order valence-corrected chi connectivity index (χ3v) is 8.52. The van der Waals surface area contributed by atoms with E-state index in [4.69, 9.17) is 0 Å². The molecule has 0 spiro atoms. The van der Waals surface area contributed by atoms with E-state index in [1.165, 1.54) is 12.0 Å². The van der Waals surface area contributed by atoms with Crippen molar-refractivity contribution in [3.63, 3.8) is 0 Å². The first-order valence-electron chi connectivity index (χ1n) is 9.61. The fourth-order valence-corrected chi connectivity index (χ4v) is 7.26. The molecule has 3 nitrogen and oxygen atoms in total. The molecule has 0 aromatic heterocycles. The van der Waals surface area contributed by atoms with Crippen LogP contribution in [0.5, 0.6) is 0 Å². The van der Waals surface area contributed by atoms with Gasteiger partial charge in [-0.15, -0.1) is 0 Å². The minimum atomic E-state index is -0.335. The molecule has 0 unspecified atom stereocenters. The average molecular weight is 320 g/mol. The predicted molar refractivity (Wildman–Crippen MR) is 89.7 cm³/mol. The Hall–Kier alpha value is -0.380. The molecular formula is C20H32O3. The maximum atomic E-state index is 10.5. The maximum Gasteiger partial charge on any atom is 0.0726 e. The Labute approximate surface area is 139 Å². The van der Waals surface area contributed by atoms with Gasteiger partial charge in [-0.3, -0.25) is 0 Å². The van der Waals surface area contributed by atoms with E-state index in [1.54, 1.807) is 0 Å². The second kappa shape index (κ2) is 5.31. The summed E-state index contributed by atoms with van der Waals surface area (Å²) in [5, 5.41) is 31.1. The first-order valence-corrected chi connectivity index (χ1v) is 9.61. The van der Waals surface area contributed by atoms with Crippen LogP contribution in [0, 0.1) is 34.5 Å². The van der Waals surface area contributed by atoms with Crippen LogP contribution >= 0.6 is 0 Å². The SMILES string of the molecule is C[C@@H]1C[C@H](O)C=C2CC[C@H]3[C@@H]4CC[C@H](O)[C@@]4(C)CC[C@@H]3[C@]21CO. The van der Waals surface area contributed by atoms with Crippen molar-refractivity contribution in [1.29, 1.82) is 0 Å². The molecule has 0 aromatic carbocycles. The van der Waals surface area contributed by atoms with E-state index in [9.17, 15) is 15.3 Å². The number of rotatable bonds is 1. The smallest absolute Gasteiger partial charge is 0.0726 e. The summed E-state index contributed by atoms with van der Waals surface area (Å²) in [7, 11) is 0. The zero-order valence-corrected chi connectivity index (χ0v) is 14.5. The Morgan fingerprint density at radius 1 is 1.13 bits per heavy atom. The molecule has 0 amide bonds. The molecule has 23 heavy (non-hydrogen) atoms. The normalized spacial score (nSPS) is 55.6. The summed E-state index contributed by atoms with van der Waals surface area (Å²) in [6, 6.07) is 0. The maximum absolute atomic E-state index is 10.5. The second-order valence-electron chi connectivity index (χ2n) is 9.15. The third kappa shape index (κ3) is 1.99. The van der Waals surface area contributed by atoms with Crippen LogP contribution in [0.15, 0.2) is 11.6 Å². The van der Waals surface area contributed by atoms with Gasteiger partial charge in [0.25, 0.3) is 0 Å². The summed E-state index contributed by atoms with van der Waals surface area (Å²) < 4.78 is 0. The van der Waals surface area contributed by atoms with E-state index in [1.807, 2.05) is 0 Å². The molecule has 8 atom stereocenters. The molecule has 3 heteroatoms. The van der Waals surface area contributed by atoms with Gasteiger partial charge in [0, 0.05) is 5.41 Å². The van der Waals surface area contributed by atoms with Crippen molar-refractivity contribution in [1.82, 2.24) is 0 Å². The lowest BCUT2D eigenvalue weighted by atomic mass is 9.45. The number of fused-ring (bicyclic) bond motifs is 5. The second-order valence-corrected chi connectivity index (χ2v) is 9.15. The summed E-state index contributed by atoms with van der Waals surface area (Å²) >= 11 is 0. The standard InChI is InChI=1S/C20H32O3/c1-12-9-14(22)10-13-3-4-15-16-5-6-18(23)19(16,2)8-7-17(15)20(12,13)11-21/h10,12,14-18,21-23H,3-9,11H2,1-2H3/t12-,14+,15+,16+,17+,18+,19+,20+/m1/s1. The first kappa shape index (κ1) is 16.1. The van der Waals surface area contributed by atoms with Gasteiger partial charge in [0.05, 0.1) is 18.8 Å². The molecule has 3 fully saturated rings. The molecule has 4 aliphatic carbocycles. The largest absolute Gasteiger partial charge is 0.395 e. The zero-order chi connectivity index (χ0) is 16.4. The van der Waals surface area contributed by atoms with Gasteiger partial charge in [0.15, 0.2) is 0 Å². The van der Waals surface area contributed by atoms with Crippen LogP contribution in [0.3, 0.4) is 0 Å². The highest BCUT2D eigenvalue weighted by atomic mass is 16.3. The highest BCUT2D eigenvalue weighted by Crippen LogP contribution is 2.66. The summed E-state index contributed by atoms with van der Waals surface area (Å²) in [6.45, 7) is 4.75. The number of hydrogen-bond donors (Lipinski definition) is 3. The van der Waals surface area contributed by atoms with Crippen molar-refractivity contribution >= 4 is 0 Å². The Bertz CT molecular complexity index is 515. The number of aliphatic hydroxyl groups is 3. The molecule has 130 valence electrons. The third-order valence-electron chi connectivity index (χ3n) is 8.52. The molecule has 0 radical (unpaired) electrons. The summed E-state index contributed by atoms with van der Waals surface area (Å²) in [6.07, 6.45) is 8.86. The average Bonchev–Trinajstić information content (AvgIpc) is 2.82. The first-order chi connectivity index (χ1) is 10.9. The van der Waals surface area contributed by atoms with Crippen molar-refractivity contribution in [2.45, 2.75) is 71.0 Å². The van der Waals surface area contributed by atoms with Gasteiger partial charge in [-0.2, -0.15) is 0 Å². The zero-order valence-electron chi connectivity index (χ0n) is 14.5. The van der Waals surface area contributed by atoms with Gasteiger partial charge in [-0.1, -0.05) is 25.5 Å². The monoisotopic (exact) mass is 320 g/mol. The Morgan fingerprint density at radius 2 is 1.91 bits per heavy atom. The van der Waals surface area contributed by atoms with Crippen molar-refractivity contribution in [3.8, 4) is 0 Å². The number of hydrogen-bond acceptors (Lipinski definition) is 3. The molecule has 0 bridgehead atoms. The molecule has 0 heterocycles. The van der Waals surface area contributed by atoms with Gasteiger partial charge in [0.1, 0.15) is 0 Å². The van der Waals surface area contributed by atoms with Gasteiger partial charge in [-0.05, 0) is 74.0 Å². The summed E-state index contributed by atoms with van der Waals surface area (Å²) in [5.41, 5.74) is 1.31. The van der Waals surface area contributed by atoms with Gasteiger partial charge >= 0.3 is 0 Å². The molecule has 4 rings (SSSR count). The molecule has 0 aliphatic heterocycles. The van der Waals surface area contributed by atoms with Crippen LogP contribution in [-0.4, -0.2) is 34.1 Å². The van der Waals surface area contributed by atoms with Crippen LogP contribution in [0.4, 0.5) is 0 Å². The molecule has 4 aliphatic rings. The quantitative estimate of drug-likeness (QED) is 0.651. The Balaban J connectivity index is 1.73. The minimum Gasteiger partial charge on any atom is -0.395 e. The van der Waals surface area contributed by atoms with Crippen molar-refractivity contribution in [2.75, 3.05) is 6.61 Å². The van der Waals surface area contributed by atoms with E-state index in [0.29, 0.717) is 23.7 Å². The van der Waals surface area contributed by atoms with E-state index in [0.717, 1.165) is 38.5 Å². The van der Waals surface area contributed by atoms with Gasteiger partial charge in [-0.25, -0.2) is 0 Å². The lowest BCUT2D eigenvalue weighted by Crippen LogP contribution is -2.56. The Kier molecular flexibility index (Phi) is 3.72. The van der Waals surface area contributed by atoms with Gasteiger partial charge < -0.3 is 15.3 Å². The van der Waals surface area contributed by atoms with Crippen LogP contribution < -0.4 is 0 Å². The molecule has 0 saturated heterocycles. The fraction of sp³-hybridized carbons (Fsp3) is 0.900. The van der Waals surface area contributed by atoms with Crippen molar-refractivity contribution in [3.05, 3.63) is 11.6 Å².